The molecular weight excluding hydrogens is 255 g/mol. The zero-order valence-electron chi connectivity index (χ0n) is 7.50. The van der Waals surface area contributed by atoms with E-state index in [0.717, 1.165) is 9.80 Å². The molecule has 0 fully saturated rings. The van der Waals surface area contributed by atoms with Gasteiger partial charge in [-0.25, -0.2) is 4.79 Å². The van der Waals surface area contributed by atoms with Crippen LogP contribution in [0.4, 0.5) is 0 Å². The minimum atomic E-state index is -0.451. The molecule has 5 heteroatoms. The Balaban J connectivity index is 2.16. The van der Waals surface area contributed by atoms with Crippen molar-refractivity contribution in [2.24, 2.45) is 0 Å². The highest BCUT2D eigenvalue weighted by atomic mass is 35.5. The van der Waals surface area contributed by atoms with Crippen molar-refractivity contribution in [1.82, 2.24) is 0 Å². The van der Waals surface area contributed by atoms with Gasteiger partial charge in [-0.3, -0.25) is 0 Å². The van der Waals surface area contributed by atoms with Gasteiger partial charge in [0.15, 0.2) is 0 Å². The van der Waals surface area contributed by atoms with Crippen LogP contribution in [0, 0.1) is 0 Å². The molecule has 0 saturated carbocycles. The molecular formula is C10H6Cl2O2S. The van der Waals surface area contributed by atoms with Crippen molar-refractivity contribution in [2.75, 3.05) is 6.61 Å². The van der Waals surface area contributed by atoms with Crippen LogP contribution in [0.2, 0.25) is 5.02 Å². The Morgan fingerprint density at radius 3 is 2.40 bits per heavy atom. The molecule has 78 valence electrons. The molecule has 1 aromatic carbocycles. The molecule has 1 aliphatic heterocycles. The average molecular weight is 261 g/mol. The van der Waals surface area contributed by atoms with Gasteiger partial charge in [0.2, 0.25) is 0 Å². The lowest BCUT2D eigenvalue weighted by Gasteiger charge is -2.00. The summed E-state index contributed by atoms with van der Waals surface area (Å²) in [5.41, 5.74) is 0. The van der Waals surface area contributed by atoms with E-state index in [1.165, 1.54) is 11.8 Å². The maximum atomic E-state index is 11.0. The Kier molecular flexibility index (Phi) is 3.24. The fourth-order valence-electron chi connectivity index (χ4n) is 1.09. The Morgan fingerprint density at radius 2 is 1.87 bits per heavy atom. The van der Waals surface area contributed by atoms with E-state index < -0.39 is 5.97 Å². The SMILES string of the molecule is O=C1OCC(Sc2ccc(Cl)cc2)=C1Cl. The fraction of sp³-hybridized carbons (Fsp3) is 0.100. The Hall–Kier alpha value is -0.640. The lowest BCUT2D eigenvalue weighted by molar-refractivity contribution is -0.135. The molecule has 0 N–H and O–H groups in total. The van der Waals surface area contributed by atoms with Gasteiger partial charge in [-0.15, -0.1) is 0 Å². The van der Waals surface area contributed by atoms with Crippen molar-refractivity contribution in [3.05, 3.63) is 39.2 Å². The third-order valence-electron chi connectivity index (χ3n) is 1.81. The van der Waals surface area contributed by atoms with E-state index in [-0.39, 0.29) is 11.6 Å². The number of hydrogen-bond acceptors (Lipinski definition) is 3. The number of hydrogen-bond donors (Lipinski definition) is 0. The molecule has 0 bridgehead atoms. The summed E-state index contributed by atoms with van der Waals surface area (Å²) in [6.45, 7) is 0.255. The predicted molar refractivity (Wildman–Crippen MR) is 61.1 cm³/mol. The topological polar surface area (TPSA) is 26.3 Å². The zero-order valence-corrected chi connectivity index (χ0v) is 9.83. The monoisotopic (exact) mass is 260 g/mol. The average Bonchev–Trinajstić information content (AvgIpc) is 2.53. The minimum absolute atomic E-state index is 0.176. The van der Waals surface area contributed by atoms with Crippen LogP contribution in [-0.2, 0) is 9.53 Å². The number of rotatable bonds is 2. The maximum Gasteiger partial charge on any atom is 0.351 e. The molecule has 0 spiro atoms. The summed E-state index contributed by atoms with van der Waals surface area (Å²) in [4.78, 5) is 12.7. The molecule has 0 unspecified atom stereocenters. The van der Waals surface area contributed by atoms with E-state index in [0.29, 0.717) is 5.02 Å². The molecule has 15 heavy (non-hydrogen) atoms. The number of ether oxygens (including phenoxy) is 1. The molecule has 1 aromatic rings. The van der Waals surface area contributed by atoms with Crippen molar-refractivity contribution in [2.45, 2.75) is 4.90 Å². The summed E-state index contributed by atoms with van der Waals surface area (Å²) >= 11 is 12.9. The highest BCUT2D eigenvalue weighted by Crippen LogP contribution is 2.34. The number of cyclic esters (lactones) is 1. The summed E-state index contributed by atoms with van der Waals surface area (Å²) in [6.07, 6.45) is 0. The first-order valence-electron chi connectivity index (χ1n) is 4.16. The minimum Gasteiger partial charge on any atom is -0.456 e. The van der Waals surface area contributed by atoms with Gasteiger partial charge in [-0.05, 0) is 24.3 Å². The number of benzene rings is 1. The first kappa shape index (κ1) is 10.9. The molecule has 0 amide bonds. The van der Waals surface area contributed by atoms with E-state index in [9.17, 15) is 4.79 Å². The smallest absolute Gasteiger partial charge is 0.351 e. The highest BCUT2D eigenvalue weighted by Gasteiger charge is 2.23. The van der Waals surface area contributed by atoms with Crippen molar-refractivity contribution < 1.29 is 9.53 Å². The second-order valence-corrected chi connectivity index (χ2v) is 4.85. The van der Waals surface area contributed by atoms with Crippen molar-refractivity contribution in [1.29, 1.82) is 0 Å². The van der Waals surface area contributed by atoms with Crippen molar-refractivity contribution in [3.8, 4) is 0 Å². The largest absolute Gasteiger partial charge is 0.456 e. The second-order valence-electron chi connectivity index (χ2n) is 2.87. The van der Waals surface area contributed by atoms with Gasteiger partial charge in [-0.2, -0.15) is 0 Å². The van der Waals surface area contributed by atoms with Crippen LogP contribution in [0.3, 0.4) is 0 Å². The Morgan fingerprint density at radius 1 is 1.20 bits per heavy atom. The van der Waals surface area contributed by atoms with Gasteiger partial charge >= 0.3 is 5.97 Å². The van der Waals surface area contributed by atoms with Crippen molar-refractivity contribution in [3.63, 3.8) is 0 Å². The van der Waals surface area contributed by atoms with E-state index in [1.807, 2.05) is 12.1 Å². The zero-order chi connectivity index (χ0) is 10.8. The number of thioether (sulfide) groups is 1. The second kappa shape index (κ2) is 4.47. The first-order chi connectivity index (χ1) is 7.16. The number of carbonyl (C=O) groups is 1. The van der Waals surface area contributed by atoms with E-state index in [2.05, 4.69) is 0 Å². The van der Waals surface area contributed by atoms with Gasteiger partial charge in [0, 0.05) is 9.92 Å². The molecule has 0 aromatic heterocycles. The number of halogens is 2. The maximum absolute atomic E-state index is 11.0. The molecule has 1 aliphatic rings. The molecule has 0 atom stereocenters. The lowest BCUT2D eigenvalue weighted by Crippen LogP contribution is -1.93. The van der Waals surface area contributed by atoms with Gasteiger partial charge in [0.1, 0.15) is 11.6 Å². The molecule has 1 heterocycles. The van der Waals surface area contributed by atoms with Gasteiger partial charge in [0.25, 0.3) is 0 Å². The summed E-state index contributed by atoms with van der Waals surface area (Å²) in [6, 6.07) is 7.31. The third-order valence-corrected chi connectivity index (χ3v) is 3.64. The first-order valence-corrected chi connectivity index (χ1v) is 5.73. The third kappa shape index (κ3) is 2.48. The predicted octanol–water partition coefficient (Wildman–Crippen LogP) is 3.44. The summed E-state index contributed by atoms with van der Waals surface area (Å²) in [7, 11) is 0. The van der Waals surface area contributed by atoms with Crippen LogP contribution in [0.15, 0.2) is 39.1 Å². The van der Waals surface area contributed by atoms with Crippen molar-refractivity contribution >= 4 is 40.9 Å². The summed E-state index contributed by atoms with van der Waals surface area (Å²) in [5.74, 6) is -0.451. The standard InChI is InChI=1S/C10H6Cl2O2S/c11-6-1-3-7(4-2-6)15-8-5-14-10(13)9(8)12/h1-4H,5H2. The van der Waals surface area contributed by atoms with E-state index in [1.54, 1.807) is 12.1 Å². The molecule has 0 aliphatic carbocycles. The Labute approximate surface area is 101 Å². The number of carbonyl (C=O) groups excluding carboxylic acids is 1. The van der Waals surface area contributed by atoms with Gasteiger partial charge in [0.05, 0.1) is 4.91 Å². The van der Waals surface area contributed by atoms with Crippen LogP contribution < -0.4 is 0 Å². The lowest BCUT2D eigenvalue weighted by atomic mass is 10.4. The van der Waals surface area contributed by atoms with Crippen LogP contribution in [0.5, 0.6) is 0 Å². The molecule has 2 nitrogen and oxygen atoms in total. The molecule has 2 rings (SSSR count). The van der Waals surface area contributed by atoms with Crippen LogP contribution in [-0.4, -0.2) is 12.6 Å². The molecule has 0 radical (unpaired) electrons. The van der Waals surface area contributed by atoms with E-state index in [4.69, 9.17) is 27.9 Å². The fourth-order valence-corrected chi connectivity index (χ4v) is 2.29. The molecule has 0 saturated heterocycles. The Bertz CT molecular complexity index is 426. The van der Waals surface area contributed by atoms with Gasteiger partial charge < -0.3 is 4.74 Å². The van der Waals surface area contributed by atoms with Gasteiger partial charge in [-0.1, -0.05) is 35.0 Å². The van der Waals surface area contributed by atoms with Crippen LogP contribution >= 0.6 is 35.0 Å². The summed E-state index contributed by atoms with van der Waals surface area (Å²) in [5, 5.41) is 0.855. The van der Waals surface area contributed by atoms with E-state index >= 15 is 0 Å². The normalized spacial score (nSPS) is 15.7. The quantitative estimate of drug-likeness (QED) is 0.763. The van der Waals surface area contributed by atoms with Crippen LogP contribution in [0.1, 0.15) is 0 Å². The van der Waals surface area contributed by atoms with Crippen LogP contribution in [0.25, 0.3) is 0 Å². The number of esters is 1. The summed E-state index contributed by atoms with van der Waals surface area (Å²) < 4.78 is 4.78. The highest BCUT2D eigenvalue weighted by molar-refractivity contribution is 8.03.